The van der Waals surface area contributed by atoms with Crippen molar-refractivity contribution < 1.29 is 9.53 Å². The highest BCUT2D eigenvalue weighted by Crippen LogP contribution is 2.33. The summed E-state index contributed by atoms with van der Waals surface area (Å²) in [5.41, 5.74) is 7.56. The monoisotopic (exact) mass is 352 g/mol. The molecule has 6 heteroatoms. The number of nitrogens with one attached hydrogen (secondary N) is 1. The second-order valence-corrected chi connectivity index (χ2v) is 5.73. The summed E-state index contributed by atoms with van der Waals surface area (Å²) in [5.74, 6) is -0.294. The Morgan fingerprint density at radius 1 is 1.09 bits per heavy atom. The van der Waals surface area contributed by atoms with Gasteiger partial charge in [0.15, 0.2) is 0 Å². The Bertz CT molecular complexity index is 657. The molecule has 0 spiro atoms. The van der Waals surface area contributed by atoms with E-state index in [-0.39, 0.29) is 12.4 Å². The van der Waals surface area contributed by atoms with Crippen LogP contribution in [-0.2, 0) is 16.0 Å². The topological polar surface area (TPSA) is 64.3 Å². The van der Waals surface area contributed by atoms with Gasteiger partial charge in [0.1, 0.15) is 0 Å². The molecule has 2 aromatic carbocycles. The molecule has 122 valence electrons. The van der Waals surface area contributed by atoms with Gasteiger partial charge in [0, 0.05) is 5.69 Å². The number of halogens is 2. The number of para-hydroxylation sites is 2. The molecule has 0 atom stereocenters. The van der Waals surface area contributed by atoms with Gasteiger partial charge in [-0.2, -0.15) is 0 Å². The van der Waals surface area contributed by atoms with E-state index in [4.69, 9.17) is 33.7 Å². The van der Waals surface area contributed by atoms with Gasteiger partial charge in [0.2, 0.25) is 0 Å². The van der Waals surface area contributed by atoms with E-state index in [9.17, 15) is 4.79 Å². The maximum atomic E-state index is 11.9. The van der Waals surface area contributed by atoms with E-state index in [0.717, 1.165) is 11.3 Å². The Kier molecular flexibility index (Phi) is 6.71. The molecule has 0 fully saturated rings. The van der Waals surface area contributed by atoms with Crippen molar-refractivity contribution in [2.45, 2.75) is 12.8 Å². The van der Waals surface area contributed by atoms with Crippen LogP contribution in [0.3, 0.4) is 0 Å². The van der Waals surface area contributed by atoms with Crippen molar-refractivity contribution in [3.05, 3.63) is 58.1 Å². The Morgan fingerprint density at radius 3 is 2.48 bits per heavy atom. The van der Waals surface area contributed by atoms with Crippen molar-refractivity contribution >= 4 is 40.5 Å². The van der Waals surface area contributed by atoms with E-state index in [2.05, 4.69) is 5.32 Å². The molecule has 0 saturated carbocycles. The number of esters is 1. The minimum absolute atomic E-state index is 0.163. The number of ether oxygens (including phenoxy) is 1. The molecule has 0 unspecified atom stereocenters. The molecule has 0 radical (unpaired) electrons. The van der Waals surface area contributed by atoms with Crippen molar-refractivity contribution in [1.82, 2.24) is 0 Å². The van der Waals surface area contributed by atoms with E-state index in [1.807, 2.05) is 24.3 Å². The number of rotatable bonds is 7. The minimum atomic E-state index is -0.294. The molecule has 0 aliphatic rings. The van der Waals surface area contributed by atoms with Gasteiger partial charge in [-0.05, 0) is 36.7 Å². The second kappa shape index (κ2) is 8.77. The van der Waals surface area contributed by atoms with Crippen LogP contribution in [0.4, 0.5) is 11.4 Å². The summed E-state index contributed by atoms with van der Waals surface area (Å²) in [6.45, 7) is 0.831. The minimum Gasteiger partial charge on any atom is -0.465 e. The number of anilines is 2. The maximum Gasteiger partial charge on any atom is 0.310 e. The van der Waals surface area contributed by atoms with Crippen LogP contribution in [0.5, 0.6) is 0 Å². The van der Waals surface area contributed by atoms with Crippen molar-refractivity contribution in [2.75, 3.05) is 18.5 Å². The molecular formula is C17H18Cl2N2O2. The van der Waals surface area contributed by atoms with Crippen LogP contribution in [0.1, 0.15) is 12.0 Å². The molecule has 0 aliphatic heterocycles. The van der Waals surface area contributed by atoms with Gasteiger partial charge in [-0.3, -0.25) is 4.79 Å². The fourth-order valence-electron chi connectivity index (χ4n) is 2.02. The molecule has 0 amide bonds. The number of nitrogens with two attached hydrogens (primary N) is 1. The summed E-state index contributed by atoms with van der Waals surface area (Å²) in [6, 6.07) is 12.7. The molecule has 0 saturated heterocycles. The fourth-order valence-corrected chi connectivity index (χ4v) is 2.52. The first-order valence-corrected chi connectivity index (χ1v) is 8.02. The molecule has 0 heterocycles. The van der Waals surface area contributed by atoms with Crippen molar-refractivity contribution in [1.29, 1.82) is 0 Å². The Balaban J connectivity index is 2.13. The normalized spacial score (nSPS) is 10.4. The maximum absolute atomic E-state index is 11.9. The zero-order chi connectivity index (χ0) is 16.7. The smallest absolute Gasteiger partial charge is 0.310 e. The van der Waals surface area contributed by atoms with Crippen LogP contribution < -0.4 is 11.1 Å². The van der Waals surface area contributed by atoms with E-state index >= 15 is 0 Å². The van der Waals surface area contributed by atoms with Crippen LogP contribution in [0.15, 0.2) is 42.5 Å². The average molecular weight is 353 g/mol. The van der Waals surface area contributed by atoms with Gasteiger partial charge in [0.25, 0.3) is 0 Å². The largest absolute Gasteiger partial charge is 0.465 e. The lowest BCUT2D eigenvalue weighted by molar-refractivity contribution is -0.142. The van der Waals surface area contributed by atoms with Gasteiger partial charge in [-0.1, -0.05) is 47.5 Å². The van der Waals surface area contributed by atoms with Crippen LogP contribution in [-0.4, -0.2) is 19.1 Å². The van der Waals surface area contributed by atoms with Gasteiger partial charge in [0.05, 0.1) is 28.8 Å². The van der Waals surface area contributed by atoms with Gasteiger partial charge in [-0.15, -0.1) is 0 Å². The molecule has 4 nitrogen and oxygen atoms in total. The van der Waals surface area contributed by atoms with Crippen LogP contribution in [0.25, 0.3) is 0 Å². The first-order chi connectivity index (χ1) is 11.1. The number of carbonyl (C=O) groups excluding carboxylic acids is 1. The average Bonchev–Trinajstić information content (AvgIpc) is 2.53. The van der Waals surface area contributed by atoms with Gasteiger partial charge in [-0.25, -0.2) is 0 Å². The quantitative estimate of drug-likeness (QED) is 0.579. The first kappa shape index (κ1) is 17.6. The summed E-state index contributed by atoms with van der Waals surface area (Å²) in [4.78, 5) is 11.9. The fraction of sp³-hybridized carbons (Fsp3) is 0.235. The Morgan fingerprint density at radius 2 is 1.78 bits per heavy atom. The number of carbonyl (C=O) groups is 1. The lowest BCUT2D eigenvalue weighted by Crippen LogP contribution is -2.12. The van der Waals surface area contributed by atoms with E-state index in [1.165, 1.54) is 0 Å². The first-order valence-electron chi connectivity index (χ1n) is 7.26. The van der Waals surface area contributed by atoms with Crippen molar-refractivity contribution in [3.8, 4) is 0 Å². The van der Waals surface area contributed by atoms with Gasteiger partial charge < -0.3 is 15.8 Å². The molecule has 0 bridgehead atoms. The third-order valence-electron chi connectivity index (χ3n) is 3.19. The zero-order valence-corrected chi connectivity index (χ0v) is 14.0. The van der Waals surface area contributed by atoms with Gasteiger partial charge >= 0.3 is 5.97 Å². The molecule has 2 rings (SSSR count). The van der Waals surface area contributed by atoms with Crippen molar-refractivity contribution in [3.63, 3.8) is 0 Å². The lowest BCUT2D eigenvalue weighted by Gasteiger charge is -2.14. The SMILES string of the molecule is NCCCOC(=O)Cc1ccccc1Nc1c(Cl)cccc1Cl. The number of hydrogen-bond donors (Lipinski definition) is 2. The third-order valence-corrected chi connectivity index (χ3v) is 3.82. The summed E-state index contributed by atoms with van der Waals surface area (Å²) >= 11 is 12.3. The molecule has 2 aromatic rings. The lowest BCUT2D eigenvalue weighted by atomic mass is 10.1. The predicted octanol–water partition coefficient (Wildman–Crippen LogP) is 4.17. The highest BCUT2D eigenvalue weighted by molar-refractivity contribution is 6.39. The zero-order valence-electron chi connectivity index (χ0n) is 12.5. The standard InChI is InChI=1S/C17H18Cl2N2O2/c18-13-6-3-7-14(19)17(13)21-15-8-2-1-5-12(15)11-16(22)23-10-4-9-20/h1-3,5-8,21H,4,9-11,20H2. The molecule has 3 N–H and O–H groups in total. The van der Waals surface area contributed by atoms with Crippen LogP contribution in [0.2, 0.25) is 10.0 Å². The van der Waals surface area contributed by atoms with Crippen LogP contribution >= 0.6 is 23.2 Å². The summed E-state index contributed by atoms with van der Waals surface area (Å²) < 4.78 is 5.14. The molecule has 0 aromatic heterocycles. The number of hydrogen-bond acceptors (Lipinski definition) is 4. The number of benzene rings is 2. The third kappa shape index (κ3) is 5.13. The molecular weight excluding hydrogens is 335 g/mol. The van der Waals surface area contributed by atoms with E-state index in [0.29, 0.717) is 35.3 Å². The summed E-state index contributed by atoms with van der Waals surface area (Å²) in [5, 5.41) is 4.21. The van der Waals surface area contributed by atoms with Crippen molar-refractivity contribution in [2.24, 2.45) is 5.73 Å². The van der Waals surface area contributed by atoms with E-state index in [1.54, 1.807) is 18.2 Å². The summed E-state index contributed by atoms with van der Waals surface area (Å²) in [6.07, 6.45) is 0.816. The second-order valence-electron chi connectivity index (χ2n) is 4.92. The Labute approximate surface area is 145 Å². The summed E-state index contributed by atoms with van der Waals surface area (Å²) in [7, 11) is 0. The van der Waals surface area contributed by atoms with Crippen LogP contribution in [0, 0.1) is 0 Å². The van der Waals surface area contributed by atoms with E-state index < -0.39 is 0 Å². The molecule has 23 heavy (non-hydrogen) atoms. The molecule has 0 aliphatic carbocycles. The Hall–Kier alpha value is -1.75. The highest BCUT2D eigenvalue weighted by atomic mass is 35.5. The predicted molar refractivity (Wildman–Crippen MR) is 94.5 cm³/mol. The highest BCUT2D eigenvalue weighted by Gasteiger charge is 2.11.